The van der Waals surface area contributed by atoms with Gasteiger partial charge in [0, 0.05) is 12.4 Å². The standard InChI is InChI=1S/C15H17ClN4O/c1-2-5-13(12-6-3-4-7-18-12)20-15-11(16)8-10(9-19-15)14(17)21/h3-4,6-9,13H,2,5H2,1H3,(H2,17,21)(H,19,20)/t13-/m0/s1. The molecule has 2 heterocycles. The molecule has 110 valence electrons. The minimum Gasteiger partial charge on any atom is -0.366 e. The first kappa shape index (κ1) is 15.3. The van der Waals surface area contributed by atoms with Gasteiger partial charge in [-0.1, -0.05) is 31.0 Å². The van der Waals surface area contributed by atoms with E-state index in [0.29, 0.717) is 10.8 Å². The molecule has 0 bridgehead atoms. The van der Waals surface area contributed by atoms with Gasteiger partial charge in [-0.2, -0.15) is 0 Å². The van der Waals surface area contributed by atoms with E-state index in [4.69, 9.17) is 17.3 Å². The predicted molar refractivity (Wildman–Crippen MR) is 83.3 cm³/mol. The second-order valence-corrected chi connectivity index (χ2v) is 5.07. The van der Waals surface area contributed by atoms with Gasteiger partial charge in [-0.3, -0.25) is 9.78 Å². The van der Waals surface area contributed by atoms with Gasteiger partial charge >= 0.3 is 0 Å². The van der Waals surface area contributed by atoms with Crippen LogP contribution in [-0.4, -0.2) is 15.9 Å². The Labute approximate surface area is 128 Å². The van der Waals surface area contributed by atoms with Crippen molar-refractivity contribution in [1.82, 2.24) is 9.97 Å². The molecule has 2 aromatic heterocycles. The van der Waals surface area contributed by atoms with E-state index in [1.165, 1.54) is 12.3 Å². The number of hydrogen-bond acceptors (Lipinski definition) is 4. The third-order valence-electron chi connectivity index (χ3n) is 3.06. The van der Waals surface area contributed by atoms with Gasteiger partial charge in [0.25, 0.3) is 0 Å². The van der Waals surface area contributed by atoms with Crippen molar-refractivity contribution < 1.29 is 4.79 Å². The lowest BCUT2D eigenvalue weighted by molar-refractivity contribution is 0.1000. The molecule has 6 heteroatoms. The lowest BCUT2D eigenvalue weighted by Gasteiger charge is -2.19. The number of hydrogen-bond donors (Lipinski definition) is 2. The number of nitrogens with zero attached hydrogens (tertiary/aromatic N) is 2. The average molecular weight is 305 g/mol. The van der Waals surface area contributed by atoms with Crippen LogP contribution in [0, 0.1) is 0 Å². The molecule has 0 spiro atoms. The van der Waals surface area contributed by atoms with Crippen LogP contribution in [0.25, 0.3) is 0 Å². The van der Waals surface area contributed by atoms with Gasteiger partial charge in [-0.15, -0.1) is 0 Å². The van der Waals surface area contributed by atoms with E-state index >= 15 is 0 Å². The van der Waals surface area contributed by atoms with Crippen LogP contribution in [-0.2, 0) is 0 Å². The largest absolute Gasteiger partial charge is 0.366 e. The molecule has 0 saturated carbocycles. The van der Waals surface area contributed by atoms with Crippen LogP contribution in [0.2, 0.25) is 5.02 Å². The number of primary amides is 1. The van der Waals surface area contributed by atoms with Crippen molar-refractivity contribution in [3.05, 3.63) is 52.9 Å². The Morgan fingerprint density at radius 3 is 2.81 bits per heavy atom. The average Bonchev–Trinajstić information content (AvgIpc) is 2.49. The molecule has 0 aliphatic heterocycles. The van der Waals surface area contributed by atoms with Crippen molar-refractivity contribution in [3.8, 4) is 0 Å². The molecular weight excluding hydrogens is 288 g/mol. The van der Waals surface area contributed by atoms with Gasteiger partial charge in [0.15, 0.2) is 0 Å². The normalized spacial score (nSPS) is 11.9. The van der Waals surface area contributed by atoms with Crippen LogP contribution in [0.4, 0.5) is 5.82 Å². The Balaban J connectivity index is 2.23. The number of anilines is 1. The van der Waals surface area contributed by atoms with E-state index in [-0.39, 0.29) is 11.6 Å². The lowest BCUT2D eigenvalue weighted by atomic mass is 10.1. The van der Waals surface area contributed by atoms with Gasteiger partial charge in [0.1, 0.15) is 5.82 Å². The molecule has 2 rings (SSSR count). The van der Waals surface area contributed by atoms with Gasteiger partial charge in [0.05, 0.1) is 22.3 Å². The molecule has 0 unspecified atom stereocenters. The maximum Gasteiger partial charge on any atom is 0.250 e. The van der Waals surface area contributed by atoms with Gasteiger partial charge in [-0.25, -0.2) is 4.98 Å². The minimum absolute atomic E-state index is 0.0145. The maximum atomic E-state index is 11.1. The number of rotatable bonds is 6. The number of pyridine rings is 2. The summed E-state index contributed by atoms with van der Waals surface area (Å²) in [4.78, 5) is 19.6. The van der Waals surface area contributed by atoms with E-state index < -0.39 is 5.91 Å². The molecule has 1 atom stereocenters. The smallest absolute Gasteiger partial charge is 0.250 e. The summed E-state index contributed by atoms with van der Waals surface area (Å²) in [5.41, 5.74) is 6.42. The summed E-state index contributed by atoms with van der Waals surface area (Å²) in [6.07, 6.45) is 5.06. The molecule has 3 N–H and O–H groups in total. The molecule has 5 nitrogen and oxygen atoms in total. The molecule has 0 aliphatic carbocycles. The van der Waals surface area contributed by atoms with E-state index in [2.05, 4.69) is 22.2 Å². The lowest BCUT2D eigenvalue weighted by Crippen LogP contribution is -2.15. The quantitative estimate of drug-likeness (QED) is 0.859. The molecule has 0 fully saturated rings. The van der Waals surface area contributed by atoms with E-state index in [1.807, 2.05) is 18.2 Å². The number of nitrogens with two attached hydrogens (primary N) is 1. The Kier molecular flexibility index (Phi) is 5.11. The van der Waals surface area contributed by atoms with Crippen molar-refractivity contribution in [1.29, 1.82) is 0 Å². The van der Waals surface area contributed by atoms with Crippen molar-refractivity contribution >= 4 is 23.3 Å². The summed E-state index contributed by atoms with van der Waals surface area (Å²) < 4.78 is 0. The molecule has 0 aliphatic rings. The van der Waals surface area contributed by atoms with E-state index in [1.54, 1.807) is 6.20 Å². The number of aromatic nitrogens is 2. The Morgan fingerprint density at radius 1 is 1.43 bits per heavy atom. The molecule has 0 aromatic carbocycles. The van der Waals surface area contributed by atoms with Crippen molar-refractivity contribution in [2.24, 2.45) is 5.73 Å². The Bertz CT molecular complexity index is 618. The van der Waals surface area contributed by atoms with Gasteiger partial charge in [0.2, 0.25) is 5.91 Å². The third kappa shape index (κ3) is 3.92. The first-order chi connectivity index (χ1) is 10.1. The first-order valence-electron chi connectivity index (χ1n) is 6.74. The minimum atomic E-state index is -0.550. The molecule has 21 heavy (non-hydrogen) atoms. The van der Waals surface area contributed by atoms with Crippen LogP contribution in [0.1, 0.15) is 41.9 Å². The highest BCUT2D eigenvalue weighted by Crippen LogP contribution is 2.26. The highest BCUT2D eigenvalue weighted by atomic mass is 35.5. The van der Waals surface area contributed by atoms with Crippen LogP contribution >= 0.6 is 11.6 Å². The number of carbonyl (C=O) groups excluding carboxylic acids is 1. The van der Waals surface area contributed by atoms with Gasteiger partial charge < -0.3 is 11.1 Å². The summed E-state index contributed by atoms with van der Waals surface area (Å²) in [7, 11) is 0. The fraction of sp³-hybridized carbons (Fsp3) is 0.267. The summed E-state index contributed by atoms with van der Waals surface area (Å²) >= 11 is 6.15. The number of carbonyl (C=O) groups is 1. The summed E-state index contributed by atoms with van der Waals surface area (Å²) in [6.45, 7) is 2.10. The maximum absolute atomic E-state index is 11.1. The number of amides is 1. The van der Waals surface area contributed by atoms with Crippen LogP contribution in [0.15, 0.2) is 36.7 Å². The summed E-state index contributed by atoms with van der Waals surface area (Å²) in [6, 6.07) is 7.30. The van der Waals surface area contributed by atoms with Crippen LogP contribution in [0.3, 0.4) is 0 Å². The number of halogens is 1. The molecule has 0 saturated heterocycles. The topological polar surface area (TPSA) is 80.9 Å². The second kappa shape index (κ2) is 7.04. The fourth-order valence-electron chi connectivity index (χ4n) is 2.01. The third-order valence-corrected chi connectivity index (χ3v) is 3.35. The zero-order valence-corrected chi connectivity index (χ0v) is 12.5. The first-order valence-corrected chi connectivity index (χ1v) is 7.12. The van der Waals surface area contributed by atoms with Crippen molar-refractivity contribution in [2.45, 2.75) is 25.8 Å². The fourth-order valence-corrected chi connectivity index (χ4v) is 2.23. The molecule has 1 amide bonds. The van der Waals surface area contributed by atoms with Crippen molar-refractivity contribution in [2.75, 3.05) is 5.32 Å². The SMILES string of the molecule is CCC[C@H](Nc1ncc(C(N)=O)cc1Cl)c1ccccn1. The van der Waals surface area contributed by atoms with Crippen LogP contribution in [0.5, 0.6) is 0 Å². The number of nitrogens with one attached hydrogen (secondary N) is 1. The second-order valence-electron chi connectivity index (χ2n) is 4.66. The predicted octanol–water partition coefficient (Wildman–Crippen LogP) is 3.18. The van der Waals surface area contributed by atoms with E-state index in [0.717, 1.165) is 18.5 Å². The highest BCUT2D eigenvalue weighted by molar-refractivity contribution is 6.33. The molecule has 2 aromatic rings. The summed E-state index contributed by atoms with van der Waals surface area (Å²) in [5, 5.41) is 3.64. The monoisotopic (exact) mass is 304 g/mol. The zero-order valence-electron chi connectivity index (χ0n) is 11.7. The highest BCUT2D eigenvalue weighted by Gasteiger charge is 2.15. The van der Waals surface area contributed by atoms with Crippen LogP contribution < -0.4 is 11.1 Å². The summed E-state index contributed by atoms with van der Waals surface area (Å²) in [5.74, 6) is -0.0310. The van der Waals surface area contributed by atoms with E-state index in [9.17, 15) is 4.79 Å². The van der Waals surface area contributed by atoms with Crippen molar-refractivity contribution in [3.63, 3.8) is 0 Å². The Hall–Kier alpha value is -2.14. The Morgan fingerprint density at radius 2 is 2.24 bits per heavy atom. The zero-order chi connectivity index (χ0) is 15.2. The van der Waals surface area contributed by atoms with Gasteiger partial charge in [-0.05, 0) is 24.6 Å². The molecule has 0 radical (unpaired) electrons. The molecular formula is C15H17ClN4O.